The van der Waals surface area contributed by atoms with Crippen LogP contribution in [0, 0.1) is 5.82 Å². The summed E-state index contributed by atoms with van der Waals surface area (Å²) in [6.07, 6.45) is 1.94. The van der Waals surface area contributed by atoms with Crippen molar-refractivity contribution >= 4 is 22.8 Å². The van der Waals surface area contributed by atoms with Gasteiger partial charge in [0.15, 0.2) is 0 Å². The summed E-state index contributed by atoms with van der Waals surface area (Å²) < 4.78 is 14.3. The number of carbonyl (C=O) groups is 2. The molecule has 0 aliphatic rings. The summed E-state index contributed by atoms with van der Waals surface area (Å²) in [7, 11) is 0. The SMILES string of the molecule is CC(C)(C)NC(=O)Cn1c(=O)c(C(N)=O)c(CO)c2ncc(Cc3ccc(F)cc3)cc21. The zero-order chi connectivity index (χ0) is 23.6. The molecule has 3 aromatic rings. The summed E-state index contributed by atoms with van der Waals surface area (Å²) >= 11 is 0. The van der Waals surface area contributed by atoms with Gasteiger partial charge in [0, 0.05) is 17.3 Å². The molecule has 8 nitrogen and oxygen atoms in total. The predicted molar refractivity (Wildman–Crippen MR) is 118 cm³/mol. The second kappa shape index (κ2) is 8.88. The number of primary amides is 1. The topological polar surface area (TPSA) is 127 Å². The standard InChI is InChI=1S/C23H25FN4O4/c1-23(2,3)27-18(30)11-28-17-9-14(8-13-4-6-15(24)7-5-13)10-26-20(17)16(12-29)19(21(25)31)22(28)32/h4-7,9-10,29H,8,11-12H2,1-3H3,(H2,25,31)(H,27,30). The number of halogens is 1. The Morgan fingerprint density at radius 2 is 1.84 bits per heavy atom. The Bertz CT molecular complexity index is 1240. The quantitative estimate of drug-likeness (QED) is 0.537. The number of fused-ring (bicyclic) bond motifs is 1. The van der Waals surface area contributed by atoms with Gasteiger partial charge in [-0.3, -0.25) is 23.9 Å². The van der Waals surface area contributed by atoms with Gasteiger partial charge in [0.2, 0.25) is 5.91 Å². The van der Waals surface area contributed by atoms with E-state index >= 15 is 0 Å². The molecule has 168 valence electrons. The van der Waals surface area contributed by atoms with E-state index in [1.54, 1.807) is 45.2 Å². The van der Waals surface area contributed by atoms with Crippen LogP contribution in [0.3, 0.4) is 0 Å². The third-order valence-electron chi connectivity index (χ3n) is 4.80. The first-order valence-corrected chi connectivity index (χ1v) is 10.0. The summed E-state index contributed by atoms with van der Waals surface area (Å²) in [6.45, 7) is 4.43. The van der Waals surface area contributed by atoms with Gasteiger partial charge in [0.05, 0.1) is 17.6 Å². The van der Waals surface area contributed by atoms with Gasteiger partial charge in [-0.05, 0) is 56.5 Å². The highest BCUT2D eigenvalue weighted by Crippen LogP contribution is 2.21. The summed E-state index contributed by atoms with van der Waals surface area (Å²) in [5, 5.41) is 12.6. The first-order chi connectivity index (χ1) is 15.0. The van der Waals surface area contributed by atoms with E-state index in [2.05, 4.69) is 10.3 Å². The van der Waals surface area contributed by atoms with Gasteiger partial charge < -0.3 is 16.2 Å². The van der Waals surface area contributed by atoms with E-state index in [9.17, 15) is 23.9 Å². The van der Waals surface area contributed by atoms with Crippen LogP contribution in [-0.4, -0.2) is 32.0 Å². The van der Waals surface area contributed by atoms with Crippen LogP contribution in [0.2, 0.25) is 0 Å². The van der Waals surface area contributed by atoms with Gasteiger partial charge in [-0.25, -0.2) is 4.39 Å². The van der Waals surface area contributed by atoms with E-state index < -0.39 is 35.1 Å². The number of hydrogen-bond donors (Lipinski definition) is 3. The van der Waals surface area contributed by atoms with Crippen LogP contribution in [0.4, 0.5) is 4.39 Å². The zero-order valence-electron chi connectivity index (χ0n) is 18.1. The van der Waals surface area contributed by atoms with Crippen LogP contribution in [0.1, 0.15) is 47.8 Å². The van der Waals surface area contributed by atoms with E-state index in [4.69, 9.17) is 5.73 Å². The molecule has 2 amide bonds. The zero-order valence-corrected chi connectivity index (χ0v) is 18.1. The van der Waals surface area contributed by atoms with Crippen molar-refractivity contribution in [2.45, 2.75) is 45.9 Å². The van der Waals surface area contributed by atoms with Crippen molar-refractivity contribution in [3.05, 3.63) is 75.0 Å². The van der Waals surface area contributed by atoms with Crippen molar-refractivity contribution in [2.75, 3.05) is 0 Å². The Labute approximate surface area is 183 Å². The molecule has 0 saturated carbocycles. The van der Waals surface area contributed by atoms with E-state index in [0.29, 0.717) is 12.0 Å². The van der Waals surface area contributed by atoms with E-state index in [-0.39, 0.29) is 29.0 Å². The predicted octanol–water partition coefficient (Wildman–Crippen LogP) is 1.63. The number of aliphatic hydroxyl groups excluding tert-OH is 1. The molecular formula is C23H25FN4O4. The average Bonchev–Trinajstić information content (AvgIpc) is 2.69. The molecule has 0 saturated heterocycles. The van der Waals surface area contributed by atoms with Crippen molar-refractivity contribution in [3.8, 4) is 0 Å². The molecule has 0 radical (unpaired) electrons. The minimum Gasteiger partial charge on any atom is -0.392 e. The lowest BCUT2D eigenvalue weighted by Gasteiger charge is -2.22. The Morgan fingerprint density at radius 3 is 2.41 bits per heavy atom. The fraction of sp³-hybridized carbons (Fsp3) is 0.304. The number of amides is 2. The summed E-state index contributed by atoms with van der Waals surface area (Å²) in [4.78, 5) is 42.0. The van der Waals surface area contributed by atoms with Crippen molar-refractivity contribution in [1.82, 2.24) is 14.9 Å². The van der Waals surface area contributed by atoms with Gasteiger partial charge in [0.1, 0.15) is 17.9 Å². The minimum absolute atomic E-state index is 0.0123. The second-order valence-corrected chi connectivity index (χ2v) is 8.58. The number of pyridine rings is 2. The molecule has 9 heteroatoms. The molecule has 4 N–H and O–H groups in total. The maximum atomic E-state index is 13.2. The Hall–Kier alpha value is -3.59. The maximum Gasteiger partial charge on any atom is 0.264 e. The number of nitrogens with one attached hydrogen (secondary N) is 1. The van der Waals surface area contributed by atoms with Gasteiger partial charge in [0.25, 0.3) is 11.5 Å². The lowest BCUT2D eigenvalue weighted by Crippen LogP contribution is -2.44. The smallest absolute Gasteiger partial charge is 0.264 e. The largest absolute Gasteiger partial charge is 0.392 e. The van der Waals surface area contributed by atoms with E-state index in [1.807, 2.05) is 0 Å². The lowest BCUT2D eigenvalue weighted by atomic mass is 10.0. The van der Waals surface area contributed by atoms with Gasteiger partial charge in [-0.15, -0.1) is 0 Å². The summed E-state index contributed by atoms with van der Waals surface area (Å²) in [5.74, 6) is -1.80. The molecular weight excluding hydrogens is 415 g/mol. The second-order valence-electron chi connectivity index (χ2n) is 8.58. The normalized spacial score (nSPS) is 11.5. The Balaban J connectivity index is 2.18. The molecule has 0 aliphatic heterocycles. The highest BCUT2D eigenvalue weighted by atomic mass is 19.1. The number of carbonyl (C=O) groups excluding carboxylic acids is 2. The molecule has 0 atom stereocenters. The first-order valence-electron chi connectivity index (χ1n) is 10.0. The highest BCUT2D eigenvalue weighted by Gasteiger charge is 2.23. The van der Waals surface area contributed by atoms with Crippen molar-refractivity contribution in [3.63, 3.8) is 0 Å². The number of benzene rings is 1. The van der Waals surface area contributed by atoms with Crippen LogP contribution in [0.5, 0.6) is 0 Å². The van der Waals surface area contributed by atoms with Crippen LogP contribution < -0.4 is 16.6 Å². The highest BCUT2D eigenvalue weighted by molar-refractivity contribution is 5.98. The first kappa shape index (κ1) is 23.1. The minimum atomic E-state index is -1.01. The van der Waals surface area contributed by atoms with E-state index in [0.717, 1.165) is 10.1 Å². The number of rotatable bonds is 6. The molecule has 3 rings (SSSR count). The molecule has 0 unspecified atom stereocenters. The van der Waals surface area contributed by atoms with Crippen molar-refractivity contribution < 1.29 is 19.1 Å². The number of nitrogens with two attached hydrogens (primary N) is 1. The Morgan fingerprint density at radius 1 is 1.19 bits per heavy atom. The van der Waals surface area contributed by atoms with Crippen LogP contribution >= 0.6 is 0 Å². The van der Waals surface area contributed by atoms with Crippen molar-refractivity contribution in [1.29, 1.82) is 0 Å². The maximum absolute atomic E-state index is 13.2. The fourth-order valence-electron chi connectivity index (χ4n) is 3.53. The third-order valence-corrected chi connectivity index (χ3v) is 4.80. The van der Waals surface area contributed by atoms with E-state index in [1.165, 1.54) is 12.1 Å². The van der Waals surface area contributed by atoms with Crippen molar-refractivity contribution in [2.24, 2.45) is 5.73 Å². The molecule has 0 spiro atoms. The molecule has 2 heterocycles. The van der Waals surface area contributed by atoms with Crippen LogP contribution in [0.25, 0.3) is 11.0 Å². The van der Waals surface area contributed by atoms with Gasteiger partial charge >= 0.3 is 0 Å². The van der Waals surface area contributed by atoms with Crippen LogP contribution in [0.15, 0.2) is 41.3 Å². The monoisotopic (exact) mass is 440 g/mol. The van der Waals surface area contributed by atoms with Gasteiger partial charge in [-0.1, -0.05) is 12.1 Å². The summed E-state index contributed by atoms with van der Waals surface area (Å²) in [6, 6.07) is 7.64. The number of hydrogen-bond acceptors (Lipinski definition) is 5. The Kier molecular flexibility index (Phi) is 6.40. The average molecular weight is 440 g/mol. The number of nitrogens with zero attached hydrogens (tertiary/aromatic N) is 2. The third kappa shape index (κ3) is 5.00. The molecule has 0 fully saturated rings. The molecule has 1 aromatic carbocycles. The molecule has 0 aliphatic carbocycles. The molecule has 32 heavy (non-hydrogen) atoms. The summed E-state index contributed by atoms with van der Waals surface area (Å²) in [5.41, 5.74) is 5.72. The van der Waals surface area contributed by atoms with Gasteiger partial charge in [-0.2, -0.15) is 0 Å². The number of aliphatic hydroxyl groups is 1. The molecule has 2 aromatic heterocycles. The molecule has 0 bridgehead atoms. The fourth-order valence-corrected chi connectivity index (χ4v) is 3.53. The van der Waals surface area contributed by atoms with Crippen LogP contribution in [-0.2, 0) is 24.4 Å². The lowest BCUT2D eigenvalue weighted by molar-refractivity contribution is -0.123. The number of aromatic nitrogens is 2.